The summed E-state index contributed by atoms with van der Waals surface area (Å²) in [6, 6.07) is 1.91. The van der Waals surface area contributed by atoms with Gasteiger partial charge in [-0.25, -0.2) is 13.2 Å². The molecule has 1 rings (SSSR count). The van der Waals surface area contributed by atoms with Crippen LogP contribution in [0.4, 0.5) is 13.2 Å². The second-order valence-electron chi connectivity index (χ2n) is 3.88. The van der Waals surface area contributed by atoms with Gasteiger partial charge >= 0.3 is 0 Å². The van der Waals surface area contributed by atoms with E-state index in [9.17, 15) is 13.2 Å². The monoisotopic (exact) mass is 229 g/mol. The molecule has 0 unspecified atom stereocenters. The van der Waals surface area contributed by atoms with E-state index in [0.717, 1.165) is 17.7 Å². The Labute approximate surface area is 92.8 Å². The van der Waals surface area contributed by atoms with Crippen LogP contribution in [0.15, 0.2) is 17.7 Å². The van der Waals surface area contributed by atoms with Crippen molar-refractivity contribution in [2.45, 2.75) is 13.8 Å². The van der Waals surface area contributed by atoms with Gasteiger partial charge in [0.25, 0.3) is 0 Å². The van der Waals surface area contributed by atoms with Gasteiger partial charge in [-0.2, -0.15) is 0 Å². The highest BCUT2D eigenvalue weighted by Crippen LogP contribution is 2.18. The molecule has 1 aromatic carbocycles. The van der Waals surface area contributed by atoms with E-state index in [1.807, 2.05) is 13.8 Å². The highest BCUT2D eigenvalue weighted by atomic mass is 19.2. The normalized spacial score (nSPS) is 12.3. The molecule has 0 aliphatic carbocycles. The van der Waals surface area contributed by atoms with Crippen molar-refractivity contribution in [3.63, 3.8) is 0 Å². The first-order chi connectivity index (χ1) is 7.45. The van der Waals surface area contributed by atoms with Crippen molar-refractivity contribution in [1.82, 2.24) is 0 Å². The molecule has 0 aliphatic heterocycles. The Balaban J connectivity index is 3.15. The van der Waals surface area contributed by atoms with E-state index >= 15 is 0 Å². The average Bonchev–Trinajstić information content (AvgIpc) is 2.21. The zero-order chi connectivity index (χ0) is 12.3. The molecule has 1 nitrogen and oxygen atoms in total. The van der Waals surface area contributed by atoms with E-state index in [-0.39, 0.29) is 11.5 Å². The Kier molecular flexibility index (Phi) is 4.12. The third kappa shape index (κ3) is 2.85. The van der Waals surface area contributed by atoms with E-state index in [4.69, 9.17) is 5.73 Å². The molecule has 2 N–H and O–H groups in total. The van der Waals surface area contributed by atoms with Crippen LogP contribution in [0.1, 0.15) is 19.4 Å². The van der Waals surface area contributed by atoms with Gasteiger partial charge in [0.05, 0.1) is 0 Å². The molecular formula is C12H14F3N. The maximum absolute atomic E-state index is 12.9. The summed E-state index contributed by atoms with van der Waals surface area (Å²) in [4.78, 5) is 0. The third-order valence-electron chi connectivity index (χ3n) is 2.34. The van der Waals surface area contributed by atoms with Crippen molar-refractivity contribution in [1.29, 1.82) is 0 Å². The molecule has 16 heavy (non-hydrogen) atoms. The molecule has 0 radical (unpaired) electrons. The summed E-state index contributed by atoms with van der Waals surface area (Å²) in [6.07, 6.45) is 1.58. The molecule has 0 aliphatic rings. The van der Waals surface area contributed by atoms with Gasteiger partial charge in [0, 0.05) is 6.54 Å². The van der Waals surface area contributed by atoms with Crippen LogP contribution in [0.3, 0.4) is 0 Å². The van der Waals surface area contributed by atoms with Crippen LogP contribution in [-0.4, -0.2) is 6.54 Å². The minimum absolute atomic E-state index is 0.182. The first kappa shape index (κ1) is 12.8. The zero-order valence-electron chi connectivity index (χ0n) is 9.23. The molecule has 0 aromatic heterocycles. The maximum Gasteiger partial charge on any atom is 0.194 e. The number of halogens is 3. The van der Waals surface area contributed by atoms with Crippen LogP contribution in [0, 0.1) is 23.4 Å². The lowest BCUT2D eigenvalue weighted by atomic mass is 10.0. The number of benzene rings is 1. The van der Waals surface area contributed by atoms with Gasteiger partial charge in [0.1, 0.15) is 0 Å². The van der Waals surface area contributed by atoms with Crippen LogP contribution in [0.2, 0.25) is 0 Å². The predicted molar refractivity (Wildman–Crippen MR) is 58.2 cm³/mol. The fourth-order valence-corrected chi connectivity index (χ4v) is 1.33. The van der Waals surface area contributed by atoms with E-state index < -0.39 is 17.5 Å². The second kappa shape index (κ2) is 5.16. The maximum atomic E-state index is 12.9. The molecule has 0 amide bonds. The largest absolute Gasteiger partial charge is 0.327 e. The van der Waals surface area contributed by atoms with Crippen LogP contribution in [0.25, 0.3) is 6.08 Å². The van der Waals surface area contributed by atoms with Crippen molar-refractivity contribution in [3.05, 3.63) is 40.7 Å². The molecule has 0 bridgehead atoms. The van der Waals surface area contributed by atoms with Crippen LogP contribution in [0.5, 0.6) is 0 Å². The van der Waals surface area contributed by atoms with Crippen LogP contribution < -0.4 is 5.73 Å². The molecule has 88 valence electrons. The van der Waals surface area contributed by atoms with Crippen molar-refractivity contribution in [2.24, 2.45) is 11.7 Å². The molecule has 0 saturated carbocycles. The SMILES string of the molecule is CC(C)C(=Cc1cc(F)c(F)c(F)c1)CN. The smallest absolute Gasteiger partial charge is 0.194 e. The lowest BCUT2D eigenvalue weighted by Gasteiger charge is -2.08. The number of hydrogen-bond donors (Lipinski definition) is 1. The fourth-order valence-electron chi connectivity index (χ4n) is 1.33. The van der Waals surface area contributed by atoms with Crippen molar-refractivity contribution in [2.75, 3.05) is 6.54 Å². The lowest BCUT2D eigenvalue weighted by Crippen LogP contribution is -2.08. The van der Waals surface area contributed by atoms with Gasteiger partial charge in [-0.05, 0) is 23.6 Å². The minimum Gasteiger partial charge on any atom is -0.327 e. The predicted octanol–water partition coefficient (Wildman–Crippen LogP) is 3.10. The molecule has 1 aromatic rings. The molecule has 0 saturated heterocycles. The molecule has 4 heteroatoms. The van der Waals surface area contributed by atoms with Gasteiger partial charge in [0.2, 0.25) is 0 Å². The highest BCUT2D eigenvalue weighted by molar-refractivity contribution is 5.54. The number of hydrogen-bond acceptors (Lipinski definition) is 1. The summed E-state index contributed by atoms with van der Waals surface area (Å²) in [5.41, 5.74) is 6.63. The topological polar surface area (TPSA) is 26.0 Å². The molecule has 0 heterocycles. The molecule has 0 fully saturated rings. The van der Waals surface area contributed by atoms with Crippen molar-refractivity contribution in [3.8, 4) is 0 Å². The Bertz CT molecular complexity index is 388. The minimum atomic E-state index is -1.45. The summed E-state index contributed by atoms with van der Waals surface area (Å²) in [6.45, 7) is 4.15. The van der Waals surface area contributed by atoms with Gasteiger partial charge < -0.3 is 5.73 Å². The fraction of sp³-hybridized carbons (Fsp3) is 0.333. The Morgan fingerprint density at radius 3 is 2.12 bits per heavy atom. The van der Waals surface area contributed by atoms with Crippen molar-refractivity contribution >= 4 is 6.08 Å². The summed E-state index contributed by atoms with van der Waals surface area (Å²) < 4.78 is 38.5. The summed E-state index contributed by atoms with van der Waals surface area (Å²) in [5.74, 6) is -3.64. The van der Waals surface area contributed by atoms with Crippen LogP contribution in [-0.2, 0) is 0 Å². The summed E-state index contributed by atoms with van der Waals surface area (Å²) in [7, 11) is 0. The van der Waals surface area contributed by atoms with Gasteiger partial charge in [-0.15, -0.1) is 0 Å². The zero-order valence-corrected chi connectivity index (χ0v) is 9.23. The molecular weight excluding hydrogens is 215 g/mol. The average molecular weight is 229 g/mol. The quantitative estimate of drug-likeness (QED) is 0.792. The first-order valence-corrected chi connectivity index (χ1v) is 5.00. The highest BCUT2D eigenvalue weighted by Gasteiger charge is 2.10. The van der Waals surface area contributed by atoms with E-state index in [2.05, 4.69) is 0 Å². The van der Waals surface area contributed by atoms with Gasteiger partial charge in [-0.3, -0.25) is 0 Å². The Morgan fingerprint density at radius 1 is 1.25 bits per heavy atom. The van der Waals surface area contributed by atoms with E-state index in [1.54, 1.807) is 6.08 Å². The second-order valence-corrected chi connectivity index (χ2v) is 3.88. The van der Waals surface area contributed by atoms with E-state index in [0.29, 0.717) is 6.54 Å². The van der Waals surface area contributed by atoms with Gasteiger partial charge in [-0.1, -0.05) is 25.5 Å². The van der Waals surface area contributed by atoms with E-state index in [1.165, 1.54) is 0 Å². The van der Waals surface area contributed by atoms with Crippen molar-refractivity contribution < 1.29 is 13.2 Å². The number of nitrogens with two attached hydrogens (primary N) is 1. The third-order valence-corrected chi connectivity index (χ3v) is 2.34. The standard InChI is InChI=1S/C12H14F3N/c1-7(2)9(6-16)3-8-4-10(13)12(15)11(14)5-8/h3-5,7H,6,16H2,1-2H3. The van der Waals surface area contributed by atoms with Crippen LogP contribution >= 0.6 is 0 Å². The molecule has 0 atom stereocenters. The summed E-state index contributed by atoms with van der Waals surface area (Å²) >= 11 is 0. The number of rotatable bonds is 3. The Hall–Kier alpha value is -1.29. The molecule has 0 spiro atoms. The Morgan fingerprint density at radius 2 is 1.75 bits per heavy atom. The lowest BCUT2D eigenvalue weighted by molar-refractivity contribution is 0.447. The first-order valence-electron chi connectivity index (χ1n) is 5.00. The summed E-state index contributed by atoms with van der Waals surface area (Å²) in [5, 5.41) is 0. The van der Waals surface area contributed by atoms with Gasteiger partial charge in [0.15, 0.2) is 17.5 Å².